The van der Waals surface area contributed by atoms with Crippen molar-refractivity contribution in [1.29, 1.82) is 0 Å². The number of rotatable bonds is 2. The number of hydrogen-bond donors (Lipinski definition) is 0. The molecule has 9 heteroatoms. The van der Waals surface area contributed by atoms with E-state index in [9.17, 15) is 18.4 Å². The Morgan fingerprint density at radius 2 is 1.73 bits per heavy atom. The van der Waals surface area contributed by atoms with E-state index in [4.69, 9.17) is 11.6 Å². The fourth-order valence-corrected chi connectivity index (χ4v) is 3.67. The number of carbonyl (C=O) groups excluding carboxylic acids is 2. The van der Waals surface area contributed by atoms with Crippen LogP contribution >= 0.6 is 11.6 Å². The number of halogens is 3. The molecule has 4 aromatic rings. The molecule has 148 valence electrons. The van der Waals surface area contributed by atoms with Gasteiger partial charge in [0.05, 0.1) is 16.5 Å². The summed E-state index contributed by atoms with van der Waals surface area (Å²) >= 11 is 5.98. The summed E-state index contributed by atoms with van der Waals surface area (Å²) in [6.07, 6.45) is 1.27. The van der Waals surface area contributed by atoms with Crippen LogP contribution in [0.15, 0.2) is 48.7 Å². The Bertz CT molecular complexity index is 1380. The van der Waals surface area contributed by atoms with Crippen molar-refractivity contribution in [3.63, 3.8) is 0 Å². The van der Waals surface area contributed by atoms with Gasteiger partial charge in [-0.05, 0) is 24.3 Å². The molecule has 2 aromatic carbocycles. The van der Waals surface area contributed by atoms with Crippen LogP contribution in [0.3, 0.4) is 0 Å². The minimum Gasteiger partial charge on any atom is -0.277 e. The lowest BCUT2D eigenvalue weighted by Crippen LogP contribution is -2.24. The largest absolute Gasteiger partial charge is 0.277 e. The van der Waals surface area contributed by atoms with Gasteiger partial charge in [-0.25, -0.2) is 18.4 Å². The molecule has 6 nitrogen and oxygen atoms in total. The number of carbonyl (C=O) groups is 2. The van der Waals surface area contributed by atoms with E-state index in [1.165, 1.54) is 24.0 Å². The summed E-state index contributed by atoms with van der Waals surface area (Å²) in [5.41, 5.74) is 1.33. The molecule has 0 unspecified atom stereocenters. The van der Waals surface area contributed by atoms with E-state index in [0.717, 1.165) is 17.0 Å². The van der Waals surface area contributed by atoms with Crippen LogP contribution in [-0.2, 0) is 0 Å². The molecular weight excluding hydrogens is 414 g/mol. The van der Waals surface area contributed by atoms with Crippen LogP contribution in [0.1, 0.15) is 20.7 Å². The first-order valence-electron chi connectivity index (χ1n) is 8.82. The van der Waals surface area contributed by atoms with Gasteiger partial charge in [0, 0.05) is 29.9 Å². The molecule has 2 amide bonds. The normalized spacial score (nSPS) is 13.4. The van der Waals surface area contributed by atoms with Gasteiger partial charge in [-0.2, -0.15) is 5.10 Å². The zero-order chi connectivity index (χ0) is 21.2. The molecule has 0 fully saturated rings. The first kappa shape index (κ1) is 18.4. The highest BCUT2D eigenvalue weighted by molar-refractivity contribution is 6.30. The summed E-state index contributed by atoms with van der Waals surface area (Å²) in [5, 5.41) is 5.29. The summed E-state index contributed by atoms with van der Waals surface area (Å²) in [4.78, 5) is 30.5. The summed E-state index contributed by atoms with van der Waals surface area (Å²) in [7, 11) is 1.38. The molecule has 0 atom stereocenters. The van der Waals surface area contributed by atoms with Crippen molar-refractivity contribution in [1.82, 2.24) is 19.7 Å². The third kappa shape index (κ3) is 2.54. The highest BCUT2D eigenvalue weighted by Crippen LogP contribution is 2.36. The minimum atomic E-state index is -0.844. The molecule has 0 bridgehead atoms. The van der Waals surface area contributed by atoms with Crippen LogP contribution in [0, 0.1) is 11.6 Å². The second-order valence-corrected chi connectivity index (χ2v) is 7.21. The molecule has 5 rings (SSSR count). The number of nitrogens with zero attached hydrogens (tertiary/aromatic N) is 4. The van der Waals surface area contributed by atoms with Crippen molar-refractivity contribution in [3.05, 3.63) is 76.4 Å². The lowest BCUT2D eigenvalue weighted by molar-refractivity contribution is 0.0693. The standard InChI is InChI=1S/C21H11ClF2N4O2/c1-27-20(29)13-9-25-19-17(16(13)21(27)30)18(10-2-4-11(22)5-3-10)26-28(19)15-7-6-12(23)8-14(15)24/h2-9H,1H3. The second-order valence-electron chi connectivity index (χ2n) is 6.78. The van der Waals surface area contributed by atoms with Crippen LogP contribution in [-0.4, -0.2) is 38.5 Å². The van der Waals surface area contributed by atoms with Crippen LogP contribution in [0.25, 0.3) is 28.0 Å². The molecule has 0 saturated heterocycles. The lowest BCUT2D eigenvalue weighted by atomic mass is 10.0. The van der Waals surface area contributed by atoms with Crippen LogP contribution < -0.4 is 0 Å². The average molecular weight is 425 g/mol. The van der Waals surface area contributed by atoms with Gasteiger partial charge in [0.2, 0.25) is 0 Å². The van der Waals surface area contributed by atoms with Gasteiger partial charge in [0.1, 0.15) is 17.2 Å². The molecule has 1 aliphatic rings. The summed E-state index contributed by atoms with van der Waals surface area (Å²) in [6.45, 7) is 0. The van der Waals surface area contributed by atoms with E-state index in [1.807, 2.05) is 0 Å². The predicted molar refractivity (Wildman–Crippen MR) is 106 cm³/mol. The Morgan fingerprint density at radius 1 is 1.00 bits per heavy atom. The van der Waals surface area contributed by atoms with Gasteiger partial charge in [-0.1, -0.05) is 23.7 Å². The van der Waals surface area contributed by atoms with Gasteiger partial charge >= 0.3 is 0 Å². The second kappa shape index (κ2) is 6.43. The van der Waals surface area contributed by atoms with Crippen molar-refractivity contribution in [2.24, 2.45) is 0 Å². The van der Waals surface area contributed by atoms with Crippen molar-refractivity contribution in [2.45, 2.75) is 0 Å². The molecule has 0 saturated carbocycles. The van der Waals surface area contributed by atoms with Crippen molar-refractivity contribution >= 4 is 34.4 Å². The van der Waals surface area contributed by atoms with E-state index in [2.05, 4.69) is 10.1 Å². The van der Waals surface area contributed by atoms with E-state index >= 15 is 0 Å². The maximum absolute atomic E-state index is 14.5. The Balaban J connectivity index is 1.90. The highest BCUT2D eigenvalue weighted by atomic mass is 35.5. The monoisotopic (exact) mass is 424 g/mol. The molecule has 1 aliphatic heterocycles. The van der Waals surface area contributed by atoms with E-state index < -0.39 is 23.4 Å². The first-order chi connectivity index (χ1) is 14.4. The molecule has 0 aliphatic carbocycles. The number of imide groups is 1. The van der Waals surface area contributed by atoms with Crippen molar-refractivity contribution in [2.75, 3.05) is 7.05 Å². The third-order valence-corrected chi connectivity index (χ3v) is 5.26. The lowest BCUT2D eigenvalue weighted by Gasteiger charge is -2.04. The Labute approximate surface area is 173 Å². The highest BCUT2D eigenvalue weighted by Gasteiger charge is 2.37. The van der Waals surface area contributed by atoms with Crippen LogP contribution in [0.5, 0.6) is 0 Å². The summed E-state index contributed by atoms with van der Waals surface area (Å²) < 4.78 is 29.1. The maximum Gasteiger partial charge on any atom is 0.262 e. The summed E-state index contributed by atoms with van der Waals surface area (Å²) in [5.74, 6) is -2.56. The molecule has 0 radical (unpaired) electrons. The fourth-order valence-electron chi connectivity index (χ4n) is 3.54. The van der Waals surface area contributed by atoms with E-state index in [0.29, 0.717) is 21.7 Å². The molecule has 0 N–H and O–H groups in total. The maximum atomic E-state index is 14.5. The predicted octanol–water partition coefficient (Wildman–Crippen LogP) is 4.24. The van der Waals surface area contributed by atoms with Crippen LogP contribution in [0.4, 0.5) is 8.78 Å². The Kier molecular flexibility index (Phi) is 3.94. The quantitative estimate of drug-likeness (QED) is 0.451. The van der Waals surface area contributed by atoms with Crippen molar-refractivity contribution < 1.29 is 18.4 Å². The van der Waals surface area contributed by atoms with Gasteiger partial charge in [-0.15, -0.1) is 0 Å². The zero-order valence-corrected chi connectivity index (χ0v) is 16.1. The van der Waals surface area contributed by atoms with Gasteiger partial charge < -0.3 is 0 Å². The van der Waals surface area contributed by atoms with Gasteiger partial charge in [0.15, 0.2) is 11.5 Å². The average Bonchev–Trinajstić information content (AvgIpc) is 3.20. The Morgan fingerprint density at radius 3 is 2.43 bits per heavy atom. The minimum absolute atomic E-state index is 0.0424. The van der Waals surface area contributed by atoms with E-state index in [-0.39, 0.29) is 22.5 Å². The number of benzene rings is 2. The van der Waals surface area contributed by atoms with E-state index in [1.54, 1.807) is 24.3 Å². The number of pyridine rings is 1. The molecule has 3 heterocycles. The molecular formula is C21H11ClF2N4O2. The fraction of sp³-hybridized carbons (Fsp3) is 0.0476. The van der Waals surface area contributed by atoms with Gasteiger partial charge in [-0.3, -0.25) is 14.5 Å². The third-order valence-electron chi connectivity index (χ3n) is 5.01. The Hall–Kier alpha value is -3.65. The number of hydrogen-bond acceptors (Lipinski definition) is 4. The van der Waals surface area contributed by atoms with Crippen molar-refractivity contribution in [3.8, 4) is 16.9 Å². The number of amides is 2. The topological polar surface area (TPSA) is 68.1 Å². The first-order valence-corrected chi connectivity index (χ1v) is 9.20. The molecule has 0 spiro atoms. The molecule has 2 aromatic heterocycles. The van der Waals surface area contributed by atoms with Crippen LogP contribution in [0.2, 0.25) is 5.02 Å². The number of fused-ring (bicyclic) bond motifs is 3. The molecule has 30 heavy (non-hydrogen) atoms. The smallest absolute Gasteiger partial charge is 0.262 e. The van der Waals surface area contributed by atoms with Gasteiger partial charge in [0.25, 0.3) is 11.8 Å². The zero-order valence-electron chi connectivity index (χ0n) is 15.4. The SMILES string of the molecule is CN1C(=O)c2cnc3c(c(-c4ccc(Cl)cc4)nn3-c3ccc(F)cc3F)c2C1=O. The summed E-state index contributed by atoms with van der Waals surface area (Å²) in [6, 6.07) is 9.76. The number of aromatic nitrogens is 3.